The minimum atomic E-state index is -2.96. The molecule has 0 aliphatic heterocycles. The van der Waals surface area contributed by atoms with Gasteiger partial charge in [0.05, 0.1) is 30.5 Å². The van der Waals surface area contributed by atoms with Crippen molar-refractivity contribution in [1.29, 1.82) is 0 Å². The van der Waals surface area contributed by atoms with Crippen LogP contribution in [-0.4, -0.2) is 32.3 Å². The highest BCUT2D eigenvalue weighted by Crippen LogP contribution is 2.30. The Labute approximate surface area is 166 Å². The number of benzene rings is 2. The summed E-state index contributed by atoms with van der Waals surface area (Å²) in [6.07, 6.45) is 0. The van der Waals surface area contributed by atoms with Gasteiger partial charge in [-0.1, -0.05) is 11.6 Å². The molecule has 0 fully saturated rings. The van der Waals surface area contributed by atoms with Crippen LogP contribution in [0.25, 0.3) is 0 Å². The Kier molecular flexibility index (Phi) is 8.13. The van der Waals surface area contributed by atoms with Crippen LogP contribution in [-0.2, 0) is 4.79 Å². The van der Waals surface area contributed by atoms with Crippen molar-refractivity contribution < 1.29 is 27.8 Å². The summed E-state index contributed by atoms with van der Waals surface area (Å²) >= 11 is 5.89. The van der Waals surface area contributed by atoms with Crippen LogP contribution < -0.4 is 24.8 Å². The summed E-state index contributed by atoms with van der Waals surface area (Å²) < 4.78 is 39.7. The summed E-state index contributed by atoms with van der Waals surface area (Å²) in [6, 6.07) is 9.34. The number of carbonyl (C=O) groups is 1. The highest BCUT2D eigenvalue weighted by Gasteiger charge is 2.12. The summed E-state index contributed by atoms with van der Waals surface area (Å²) in [5, 5.41) is 5.63. The molecule has 28 heavy (non-hydrogen) atoms. The lowest BCUT2D eigenvalue weighted by atomic mass is 10.2. The second-order valence-electron chi connectivity index (χ2n) is 5.45. The maximum absolute atomic E-state index is 12.3. The van der Waals surface area contributed by atoms with Gasteiger partial charge in [0.1, 0.15) is 17.2 Å². The third-order valence-corrected chi connectivity index (χ3v) is 3.73. The molecule has 2 aromatic carbocycles. The maximum atomic E-state index is 12.3. The van der Waals surface area contributed by atoms with Crippen molar-refractivity contribution in [3.63, 3.8) is 0 Å². The van der Waals surface area contributed by atoms with Gasteiger partial charge < -0.3 is 24.8 Å². The first-order valence-electron chi connectivity index (χ1n) is 8.60. The normalized spacial score (nSPS) is 10.5. The Morgan fingerprint density at radius 1 is 1.07 bits per heavy atom. The smallest absolute Gasteiger partial charge is 0.387 e. The van der Waals surface area contributed by atoms with Crippen LogP contribution in [0.2, 0.25) is 5.02 Å². The van der Waals surface area contributed by atoms with E-state index >= 15 is 0 Å². The molecule has 152 valence electrons. The van der Waals surface area contributed by atoms with E-state index in [9.17, 15) is 13.6 Å². The van der Waals surface area contributed by atoms with Crippen LogP contribution in [0.1, 0.15) is 13.8 Å². The van der Waals surface area contributed by atoms with Crippen molar-refractivity contribution in [2.45, 2.75) is 20.5 Å². The summed E-state index contributed by atoms with van der Waals surface area (Å²) in [7, 11) is 0. The molecule has 2 rings (SSSR count). The fourth-order valence-corrected chi connectivity index (χ4v) is 2.55. The molecule has 0 aliphatic rings. The van der Waals surface area contributed by atoms with E-state index in [1.54, 1.807) is 18.2 Å². The van der Waals surface area contributed by atoms with Crippen LogP contribution >= 0.6 is 11.6 Å². The second-order valence-corrected chi connectivity index (χ2v) is 5.86. The van der Waals surface area contributed by atoms with E-state index in [1.165, 1.54) is 18.2 Å². The third-order valence-electron chi connectivity index (χ3n) is 3.44. The molecule has 0 radical (unpaired) electrons. The molecule has 0 spiro atoms. The number of ether oxygens (including phenoxy) is 3. The Bertz CT molecular complexity index is 805. The molecular weight excluding hydrogens is 394 g/mol. The minimum absolute atomic E-state index is 0.00811. The lowest BCUT2D eigenvalue weighted by Crippen LogP contribution is -2.22. The molecule has 0 aliphatic carbocycles. The van der Waals surface area contributed by atoms with Gasteiger partial charge >= 0.3 is 6.61 Å². The van der Waals surface area contributed by atoms with Gasteiger partial charge in [0.2, 0.25) is 5.91 Å². The first kappa shape index (κ1) is 21.6. The molecule has 2 aromatic rings. The highest BCUT2D eigenvalue weighted by molar-refractivity contribution is 6.32. The zero-order chi connectivity index (χ0) is 20.5. The second kappa shape index (κ2) is 10.6. The predicted octanol–water partition coefficient (Wildman–Crippen LogP) is 4.79. The van der Waals surface area contributed by atoms with Crippen molar-refractivity contribution in [3.05, 3.63) is 41.4 Å². The van der Waals surface area contributed by atoms with Gasteiger partial charge in [-0.25, -0.2) is 0 Å². The fourth-order valence-electron chi connectivity index (χ4n) is 2.32. The number of carbonyl (C=O) groups excluding carboxylic acids is 1. The highest BCUT2D eigenvalue weighted by atomic mass is 35.5. The number of hydrogen-bond acceptors (Lipinski definition) is 5. The first-order valence-corrected chi connectivity index (χ1v) is 8.98. The lowest BCUT2D eigenvalue weighted by molar-refractivity contribution is -0.114. The largest absolute Gasteiger partial charge is 0.494 e. The summed E-state index contributed by atoms with van der Waals surface area (Å²) in [6.45, 7) is 1.61. The molecule has 0 heterocycles. The standard InChI is InChI=1S/C19H21ClF2N2O4/c1-3-26-13-6-8-17(27-4-2)15(10-13)24-18(25)11-23-12-5-7-16(14(20)9-12)28-19(21)22/h5-10,19,23H,3-4,11H2,1-2H3,(H,24,25). The van der Waals surface area contributed by atoms with Gasteiger partial charge in [-0.15, -0.1) is 0 Å². The number of halogens is 3. The number of nitrogens with one attached hydrogen (secondary N) is 2. The molecule has 0 atom stereocenters. The molecule has 9 heteroatoms. The van der Waals surface area contributed by atoms with Crippen LogP contribution in [0.15, 0.2) is 36.4 Å². The molecule has 0 saturated heterocycles. The van der Waals surface area contributed by atoms with E-state index in [-0.39, 0.29) is 23.2 Å². The van der Waals surface area contributed by atoms with E-state index < -0.39 is 6.61 Å². The molecule has 0 saturated carbocycles. The van der Waals surface area contributed by atoms with Gasteiger partial charge in [-0.05, 0) is 44.2 Å². The van der Waals surface area contributed by atoms with Gasteiger partial charge in [0, 0.05) is 11.8 Å². The van der Waals surface area contributed by atoms with Crippen LogP contribution in [0, 0.1) is 0 Å². The Balaban J connectivity index is 2.00. The number of amides is 1. The monoisotopic (exact) mass is 414 g/mol. The van der Waals surface area contributed by atoms with E-state index in [0.29, 0.717) is 36.1 Å². The first-order chi connectivity index (χ1) is 13.4. The number of anilines is 2. The van der Waals surface area contributed by atoms with Crippen molar-refractivity contribution in [2.24, 2.45) is 0 Å². The van der Waals surface area contributed by atoms with E-state index in [0.717, 1.165) is 0 Å². The van der Waals surface area contributed by atoms with E-state index in [4.69, 9.17) is 21.1 Å². The average molecular weight is 415 g/mol. The molecule has 2 N–H and O–H groups in total. The summed E-state index contributed by atoms with van der Waals surface area (Å²) in [4.78, 5) is 12.3. The topological polar surface area (TPSA) is 68.8 Å². The van der Waals surface area contributed by atoms with Crippen molar-refractivity contribution in [1.82, 2.24) is 0 Å². The summed E-state index contributed by atoms with van der Waals surface area (Å²) in [5.41, 5.74) is 0.966. The van der Waals surface area contributed by atoms with E-state index in [1.807, 2.05) is 13.8 Å². The van der Waals surface area contributed by atoms with Gasteiger partial charge in [0.25, 0.3) is 0 Å². The van der Waals surface area contributed by atoms with Crippen LogP contribution in [0.5, 0.6) is 17.2 Å². The number of alkyl halides is 2. The lowest BCUT2D eigenvalue weighted by Gasteiger charge is -2.14. The third kappa shape index (κ3) is 6.45. The maximum Gasteiger partial charge on any atom is 0.387 e. The molecule has 0 bridgehead atoms. The number of rotatable bonds is 10. The molecular formula is C19H21ClF2N2O4. The van der Waals surface area contributed by atoms with Crippen molar-refractivity contribution >= 4 is 28.9 Å². The SMILES string of the molecule is CCOc1ccc(OCC)c(NC(=O)CNc2ccc(OC(F)F)c(Cl)c2)c1. The molecule has 6 nitrogen and oxygen atoms in total. The summed E-state index contributed by atoms with van der Waals surface area (Å²) in [5.74, 6) is 0.658. The molecule has 1 amide bonds. The Hall–Kier alpha value is -2.74. The molecule has 0 aromatic heterocycles. The molecule has 0 unspecified atom stereocenters. The van der Waals surface area contributed by atoms with Crippen LogP contribution in [0.3, 0.4) is 0 Å². The van der Waals surface area contributed by atoms with Crippen molar-refractivity contribution in [2.75, 3.05) is 30.4 Å². The van der Waals surface area contributed by atoms with Gasteiger partial charge in [-0.2, -0.15) is 8.78 Å². The van der Waals surface area contributed by atoms with Crippen LogP contribution in [0.4, 0.5) is 20.2 Å². The van der Waals surface area contributed by atoms with Crippen molar-refractivity contribution in [3.8, 4) is 17.2 Å². The zero-order valence-electron chi connectivity index (χ0n) is 15.4. The zero-order valence-corrected chi connectivity index (χ0v) is 16.2. The quantitative estimate of drug-likeness (QED) is 0.585. The minimum Gasteiger partial charge on any atom is -0.494 e. The van der Waals surface area contributed by atoms with E-state index in [2.05, 4.69) is 15.4 Å². The predicted molar refractivity (Wildman–Crippen MR) is 104 cm³/mol. The number of hydrogen-bond donors (Lipinski definition) is 2. The Morgan fingerprint density at radius 2 is 1.79 bits per heavy atom. The fraction of sp³-hybridized carbons (Fsp3) is 0.316. The van der Waals surface area contributed by atoms with Gasteiger partial charge in [0.15, 0.2) is 0 Å². The average Bonchev–Trinajstić information content (AvgIpc) is 2.64. The Morgan fingerprint density at radius 3 is 2.43 bits per heavy atom. The van der Waals surface area contributed by atoms with Gasteiger partial charge in [-0.3, -0.25) is 4.79 Å².